The van der Waals surface area contributed by atoms with Gasteiger partial charge in [0.25, 0.3) is 5.24 Å². The second kappa shape index (κ2) is 7.47. The lowest BCUT2D eigenvalue weighted by Crippen LogP contribution is -2.37. The van der Waals surface area contributed by atoms with Gasteiger partial charge in [0, 0.05) is 25.4 Å². The predicted octanol–water partition coefficient (Wildman–Crippen LogP) is 1.53. The van der Waals surface area contributed by atoms with Crippen molar-refractivity contribution in [3.8, 4) is 0 Å². The van der Waals surface area contributed by atoms with Crippen molar-refractivity contribution in [1.29, 1.82) is 0 Å². The quantitative estimate of drug-likeness (QED) is 0.866. The molecule has 2 amide bonds. The van der Waals surface area contributed by atoms with Crippen LogP contribution >= 0.6 is 11.8 Å². The maximum Gasteiger partial charge on any atom is 0.282 e. The van der Waals surface area contributed by atoms with Crippen molar-refractivity contribution < 1.29 is 9.59 Å². The molecule has 6 heteroatoms. The van der Waals surface area contributed by atoms with Crippen LogP contribution in [0, 0.1) is 0 Å². The van der Waals surface area contributed by atoms with E-state index >= 15 is 0 Å². The van der Waals surface area contributed by atoms with Crippen molar-refractivity contribution in [3.05, 3.63) is 35.4 Å². The van der Waals surface area contributed by atoms with Crippen LogP contribution in [0.1, 0.15) is 11.1 Å². The first-order valence-corrected chi connectivity index (χ1v) is 7.94. The van der Waals surface area contributed by atoms with E-state index in [9.17, 15) is 9.59 Å². The largest absolute Gasteiger partial charge is 0.350 e. The fraction of sp³-hybridized carbons (Fsp3) is 0.467. The molecule has 1 aliphatic heterocycles. The zero-order chi connectivity index (χ0) is 15.2. The van der Waals surface area contributed by atoms with E-state index in [0.717, 1.165) is 17.9 Å². The number of rotatable bonds is 6. The predicted molar refractivity (Wildman–Crippen MR) is 85.1 cm³/mol. The van der Waals surface area contributed by atoms with Gasteiger partial charge in [-0.2, -0.15) is 0 Å². The van der Waals surface area contributed by atoms with E-state index in [1.54, 1.807) is 4.90 Å². The van der Waals surface area contributed by atoms with Gasteiger partial charge >= 0.3 is 0 Å². The van der Waals surface area contributed by atoms with Crippen molar-refractivity contribution in [2.45, 2.75) is 13.1 Å². The molecule has 0 radical (unpaired) electrons. The summed E-state index contributed by atoms with van der Waals surface area (Å²) in [5, 5.41) is 2.90. The number of thioether (sulfide) groups is 1. The average Bonchev–Trinajstić information content (AvgIpc) is 2.83. The van der Waals surface area contributed by atoms with Crippen LogP contribution in [0.4, 0.5) is 4.79 Å². The molecule has 1 aliphatic rings. The van der Waals surface area contributed by atoms with Crippen molar-refractivity contribution >= 4 is 22.9 Å². The molecule has 0 aliphatic carbocycles. The van der Waals surface area contributed by atoms with Crippen LogP contribution in [0.25, 0.3) is 0 Å². The van der Waals surface area contributed by atoms with E-state index in [1.807, 2.05) is 32.3 Å². The van der Waals surface area contributed by atoms with Crippen molar-refractivity contribution in [1.82, 2.24) is 15.1 Å². The first-order valence-electron chi connectivity index (χ1n) is 6.96. The number of carbonyl (C=O) groups is 2. The standard InChI is InChI=1S/C15H21N3O2S/c1-17(2)10-13-6-4-3-5-12(13)9-16-14(19)11-18-7-8-21-15(18)20/h3-6H,7-11H2,1-2H3,(H,16,19). The average molecular weight is 307 g/mol. The number of amides is 2. The van der Waals surface area contributed by atoms with E-state index in [0.29, 0.717) is 13.1 Å². The molecule has 0 saturated carbocycles. The third kappa shape index (κ3) is 4.75. The summed E-state index contributed by atoms with van der Waals surface area (Å²) in [5.41, 5.74) is 2.32. The molecule has 1 saturated heterocycles. The Bertz CT molecular complexity index is 519. The highest BCUT2D eigenvalue weighted by Crippen LogP contribution is 2.16. The van der Waals surface area contributed by atoms with Crippen LogP contribution in [0.5, 0.6) is 0 Å². The van der Waals surface area contributed by atoms with Crippen LogP contribution in [0.15, 0.2) is 24.3 Å². The van der Waals surface area contributed by atoms with Gasteiger partial charge in [0.05, 0.1) is 0 Å². The summed E-state index contributed by atoms with van der Waals surface area (Å²) < 4.78 is 0. The van der Waals surface area contributed by atoms with Crippen LogP contribution in [0.3, 0.4) is 0 Å². The van der Waals surface area contributed by atoms with Crippen molar-refractivity contribution in [3.63, 3.8) is 0 Å². The number of hydrogen-bond acceptors (Lipinski definition) is 4. The maximum atomic E-state index is 11.9. The third-order valence-corrected chi connectivity index (χ3v) is 4.15. The molecule has 1 fully saturated rings. The number of nitrogens with one attached hydrogen (secondary N) is 1. The zero-order valence-electron chi connectivity index (χ0n) is 12.5. The fourth-order valence-electron chi connectivity index (χ4n) is 2.22. The van der Waals surface area contributed by atoms with E-state index in [1.165, 1.54) is 17.3 Å². The SMILES string of the molecule is CN(C)Cc1ccccc1CNC(=O)CN1CCSC1=O. The van der Waals surface area contributed by atoms with Gasteiger partial charge < -0.3 is 15.1 Å². The van der Waals surface area contributed by atoms with E-state index in [4.69, 9.17) is 0 Å². The highest BCUT2D eigenvalue weighted by molar-refractivity contribution is 8.13. The van der Waals surface area contributed by atoms with Gasteiger partial charge in [0.1, 0.15) is 6.54 Å². The van der Waals surface area contributed by atoms with Crippen molar-refractivity contribution in [2.24, 2.45) is 0 Å². The van der Waals surface area contributed by atoms with E-state index < -0.39 is 0 Å². The number of hydrogen-bond donors (Lipinski definition) is 1. The van der Waals surface area contributed by atoms with Gasteiger partial charge in [0.15, 0.2) is 0 Å². The molecule has 0 aromatic heterocycles. The number of carbonyl (C=O) groups excluding carboxylic acids is 2. The summed E-state index contributed by atoms with van der Waals surface area (Å²) in [6, 6.07) is 8.07. The fourth-order valence-corrected chi connectivity index (χ4v) is 3.04. The maximum absolute atomic E-state index is 11.9. The number of benzene rings is 1. The lowest BCUT2D eigenvalue weighted by atomic mass is 10.1. The Morgan fingerprint density at radius 3 is 2.67 bits per heavy atom. The summed E-state index contributed by atoms with van der Waals surface area (Å²) in [7, 11) is 4.04. The van der Waals surface area contributed by atoms with E-state index in [2.05, 4.69) is 16.3 Å². The Hall–Kier alpha value is -1.53. The van der Waals surface area contributed by atoms with Crippen LogP contribution in [-0.2, 0) is 17.9 Å². The van der Waals surface area contributed by atoms with Gasteiger partial charge in [-0.15, -0.1) is 0 Å². The first-order chi connectivity index (χ1) is 10.1. The summed E-state index contributed by atoms with van der Waals surface area (Å²) in [5.74, 6) is 0.670. The smallest absolute Gasteiger partial charge is 0.282 e. The third-order valence-electron chi connectivity index (χ3n) is 3.26. The zero-order valence-corrected chi connectivity index (χ0v) is 13.3. The molecule has 1 aromatic rings. The molecule has 1 aromatic carbocycles. The molecular weight excluding hydrogens is 286 g/mol. The topological polar surface area (TPSA) is 52.7 Å². The molecule has 114 valence electrons. The molecule has 0 atom stereocenters. The minimum absolute atomic E-state index is 0.00171. The lowest BCUT2D eigenvalue weighted by molar-refractivity contribution is -0.121. The van der Waals surface area contributed by atoms with Gasteiger partial charge in [-0.25, -0.2) is 0 Å². The number of nitrogens with zero attached hydrogens (tertiary/aromatic N) is 2. The molecule has 0 unspecified atom stereocenters. The van der Waals surface area contributed by atoms with Crippen molar-refractivity contribution in [2.75, 3.05) is 32.9 Å². The minimum Gasteiger partial charge on any atom is -0.350 e. The monoisotopic (exact) mass is 307 g/mol. The molecule has 5 nitrogen and oxygen atoms in total. The summed E-state index contributed by atoms with van der Waals surface area (Å²) in [6.45, 7) is 2.15. The molecule has 2 rings (SSSR count). The second-order valence-electron chi connectivity index (χ2n) is 5.32. The Morgan fingerprint density at radius 2 is 2.05 bits per heavy atom. The normalized spacial score (nSPS) is 14.8. The highest BCUT2D eigenvalue weighted by atomic mass is 32.2. The van der Waals surface area contributed by atoms with E-state index in [-0.39, 0.29) is 17.7 Å². The van der Waals surface area contributed by atoms with Crippen LogP contribution in [0.2, 0.25) is 0 Å². The highest BCUT2D eigenvalue weighted by Gasteiger charge is 2.23. The van der Waals surface area contributed by atoms with Crippen LogP contribution in [-0.4, -0.2) is 53.9 Å². The summed E-state index contributed by atoms with van der Waals surface area (Å²) in [6.07, 6.45) is 0. The molecule has 1 heterocycles. The molecule has 0 bridgehead atoms. The lowest BCUT2D eigenvalue weighted by Gasteiger charge is -2.16. The Morgan fingerprint density at radius 1 is 1.33 bits per heavy atom. The van der Waals surface area contributed by atoms with Crippen LogP contribution < -0.4 is 5.32 Å². The first kappa shape index (κ1) is 15.9. The Kier molecular flexibility index (Phi) is 5.64. The minimum atomic E-state index is -0.106. The van der Waals surface area contributed by atoms with Gasteiger partial charge in [-0.1, -0.05) is 36.0 Å². The molecule has 1 N–H and O–H groups in total. The second-order valence-corrected chi connectivity index (χ2v) is 6.37. The molecule has 21 heavy (non-hydrogen) atoms. The Labute approximate surface area is 129 Å². The van der Waals surface area contributed by atoms with Gasteiger partial charge in [-0.3, -0.25) is 9.59 Å². The Balaban J connectivity index is 1.87. The van der Waals surface area contributed by atoms with Gasteiger partial charge in [-0.05, 0) is 25.2 Å². The molecule has 0 spiro atoms. The molecular formula is C15H21N3O2S. The summed E-state index contributed by atoms with van der Waals surface area (Å²) in [4.78, 5) is 27.1. The summed E-state index contributed by atoms with van der Waals surface area (Å²) >= 11 is 1.27. The van der Waals surface area contributed by atoms with Gasteiger partial charge in [0.2, 0.25) is 5.91 Å².